The molecular formula is C33H52F3N2O10P. The van der Waals surface area contributed by atoms with Gasteiger partial charge < -0.3 is 28.6 Å². The third-order valence-electron chi connectivity index (χ3n) is 7.07. The second-order valence-electron chi connectivity index (χ2n) is 15.0. The lowest BCUT2D eigenvalue weighted by atomic mass is 9.98. The predicted molar refractivity (Wildman–Crippen MR) is 176 cm³/mol. The molecule has 2 unspecified atom stereocenters. The fourth-order valence-electron chi connectivity index (χ4n) is 5.20. The number of hydrogen-bond donors (Lipinski definition) is 1. The summed E-state index contributed by atoms with van der Waals surface area (Å²) in [5, 5.41) is 8.23. The molecule has 49 heavy (non-hydrogen) atoms. The van der Waals surface area contributed by atoms with Gasteiger partial charge in [-0.1, -0.05) is 6.07 Å². The van der Waals surface area contributed by atoms with E-state index in [-0.39, 0.29) is 58.2 Å². The summed E-state index contributed by atoms with van der Waals surface area (Å²) in [5.41, 5.74) is -2.42. The molecule has 2 rings (SSSR count). The first-order valence-corrected chi connectivity index (χ1v) is 18.0. The first-order valence-electron chi connectivity index (χ1n) is 16.2. The first kappa shape index (κ1) is 42.1. The molecule has 0 bridgehead atoms. The normalized spacial score (nSPS) is 20.8. The molecule has 1 fully saturated rings. The van der Waals surface area contributed by atoms with E-state index in [0.29, 0.717) is 5.56 Å². The number of phenols is 1. The van der Waals surface area contributed by atoms with E-state index in [2.05, 4.69) is 4.74 Å². The Hall–Kier alpha value is -3.03. The molecule has 0 saturated carbocycles. The average molecular weight is 725 g/mol. The summed E-state index contributed by atoms with van der Waals surface area (Å²) in [6.07, 6.45) is -6.55. The SMILES string of the molecule is CCOP1(=O)CCN(Cc2ccc(O)c(OC(F)(F)F)c2)CC1(CCCCN(C(=O)OC(C)(C)C)C(=O)OC(C)(C)C)C(=O)OC(C)(C)C. The van der Waals surface area contributed by atoms with Crippen LogP contribution in [0.2, 0.25) is 0 Å². The highest BCUT2D eigenvalue weighted by Crippen LogP contribution is 2.64. The standard InChI is InChI=1S/C33H52F3N2O10P/c1-11-44-49(43)19-18-37(21-23-14-15-24(39)25(20-23)45-33(34,35)36)22-32(49,26(40)46-29(2,3)4)16-12-13-17-38(27(41)47-30(5,6)7)28(42)48-31(8,9)10/h14-15,20,39H,11-13,16-19,21-22H2,1-10H3. The topological polar surface area (TPSA) is 141 Å². The van der Waals surface area contributed by atoms with Crippen LogP contribution in [0.5, 0.6) is 11.5 Å². The lowest BCUT2D eigenvalue weighted by molar-refractivity contribution is -0.275. The van der Waals surface area contributed by atoms with E-state index in [1.54, 1.807) is 74.1 Å². The molecule has 1 aliphatic heterocycles. The summed E-state index contributed by atoms with van der Waals surface area (Å²) in [6, 6.07) is 3.55. The summed E-state index contributed by atoms with van der Waals surface area (Å²) in [7, 11) is -3.77. The van der Waals surface area contributed by atoms with Crippen LogP contribution < -0.4 is 4.74 Å². The summed E-state index contributed by atoms with van der Waals surface area (Å²) < 4.78 is 79.9. The molecule has 1 aromatic carbocycles. The highest BCUT2D eigenvalue weighted by atomic mass is 31.2. The van der Waals surface area contributed by atoms with E-state index < -0.39 is 65.3 Å². The first-order chi connectivity index (χ1) is 22.2. The van der Waals surface area contributed by atoms with Gasteiger partial charge in [0, 0.05) is 32.3 Å². The number of ether oxygens (including phenoxy) is 4. The van der Waals surface area contributed by atoms with Gasteiger partial charge in [-0.05, 0) is 106 Å². The minimum atomic E-state index is -5.03. The minimum Gasteiger partial charge on any atom is -0.504 e. The van der Waals surface area contributed by atoms with Gasteiger partial charge in [0.1, 0.15) is 16.8 Å². The number of rotatable bonds is 11. The fourth-order valence-corrected chi connectivity index (χ4v) is 8.21. The van der Waals surface area contributed by atoms with Crippen molar-refractivity contribution in [3.63, 3.8) is 0 Å². The van der Waals surface area contributed by atoms with Crippen LogP contribution in [0, 0.1) is 0 Å². The molecule has 0 radical (unpaired) electrons. The Kier molecular flexibility index (Phi) is 13.7. The van der Waals surface area contributed by atoms with Crippen molar-refractivity contribution in [2.75, 3.05) is 32.4 Å². The number of aromatic hydroxyl groups is 1. The Morgan fingerprint density at radius 3 is 1.96 bits per heavy atom. The molecule has 2 atom stereocenters. The Labute approximate surface area is 287 Å². The maximum atomic E-state index is 14.6. The van der Waals surface area contributed by atoms with Crippen molar-refractivity contribution in [1.82, 2.24) is 9.80 Å². The van der Waals surface area contributed by atoms with Gasteiger partial charge in [-0.2, -0.15) is 0 Å². The number of unbranched alkanes of at least 4 members (excludes halogenated alkanes) is 1. The monoisotopic (exact) mass is 724 g/mol. The average Bonchev–Trinajstić information content (AvgIpc) is 2.88. The van der Waals surface area contributed by atoms with Crippen LogP contribution >= 0.6 is 7.37 Å². The predicted octanol–water partition coefficient (Wildman–Crippen LogP) is 7.84. The highest BCUT2D eigenvalue weighted by molar-refractivity contribution is 7.62. The summed E-state index contributed by atoms with van der Waals surface area (Å²) in [5.74, 6) is -2.24. The Morgan fingerprint density at radius 1 is 0.918 bits per heavy atom. The molecule has 1 N–H and O–H groups in total. The Balaban J connectivity index is 2.44. The number of halogens is 3. The van der Waals surface area contributed by atoms with Crippen molar-refractivity contribution in [2.24, 2.45) is 0 Å². The van der Waals surface area contributed by atoms with Gasteiger partial charge in [0.2, 0.25) is 7.37 Å². The lowest BCUT2D eigenvalue weighted by Gasteiger charge is -2.46. The number of alkyl halides is 3. The smallest absolute Gasteiger partial charge is 0.504 e. The molecule has 0 aliphatic carbocycles. The number of nitrogens with zero attached hydrogens (tertiary/aromatic N) is 2. The Morgan fingerprint density at radius 2 is 1.47 bits per heavy atom. The van der Waals surface area contributed by atoms with Crippen LogP contribution in [-0.4, -0.2) is 93.8 Å². The van der Waals surface area contributed by atoms with Gasteiger partial charge in [0.05, 0.1) is 6.61 Å². The van der Waals surface area contributed by atoms with Crippen LogP contribution in [-0.2, 0) is 34.6 Å². The van der Waals surface area contributed by atoms with E-state index in [1.165, 1.54) is 6.07 Å². The molecule has 1 aromatic rings. The third kappa shape index (κ3) is 13.0. The van der Waals surface area contributed by atoms with Gasteiger partial charge in [-0.25, -0.2) is 14.5 Å². The quantitative estimate of drug-likeness (QED) is 0.103. The van der Waals surface area contributed by atoms with Gasteiger partial charge in [0.15, 0.2) is 16.7 Å². The van der Waals surface area contributed by atoms with E-state index in [1.807, 2.05) is 0 Å². The zero-order valence-corrected chi connectivity index (χ0v) is 31.1. The van der Waals surface area contributed by atoms with Crippen LogP contribution in [0.3, 0.4) is 0 Å². The molecule has 0 aromatic heterocycles. The summed E-state index contributed by atoms with van der Waals surface area (Å²) in [4.78, 5) is 42.7. The maximum absolute atomic E-state index is 14.6. The highest BCUT2D eigenvalue weighted by Gasteiger charge is 2.59. The number of hydrogen-bond acceptors (Lipinski definition) is 11. The molecule has 12 nitrogen and oxygen atoms in total. The third-order valence-corrected chi connectivity index (χ3v) is 10.4. The number of benzene rings is 1. The number of imide groups is 1. The molecule has 1 heterocycles. The minimum absolute atomic E-state index is 0.0236. The van der Waals surface area contributed by atoms with Crippen molar-refractivity contribution in [3.05, 3.63) is 23.8 Å². The number of carbonyl (C=O) groups excluding carboxylic acids is 3. The van der Waals surface area contributed by atoms with Crippen LogP contribution in [0.1, 0.15) is 94.1 Å². The zero-order chi connectivity index (χ0) is 37.6. The zero-order valence-electron chi connectivity index (χ0n) is 30.2. The number of phenolic OH excluding ortho intramolecular Hbond substituents is 1. The van der Waals surface area contributed by atoms with E-state index in [4.69, 9.17) is 18.7 Å². The van der Waals surface area contributed by atoms with Gasteiger partial charge in [0.25, 0.3) is 0 Å². The van der Waals surface area contributed by atoms with E-state index in [0.717, 1.165) is 17.0 Å². The summed E-state index contributed by atoms with van der Waals surface area (Å²) >= 11 is 0. The van der Waals surface area contributed by atoms with Crippen molar-refractivity contribution in [2.45, 2.75) is 123 Å². The fraction of sp³-hybridized carbons (Fsp3) is 0.727. The van der Waals surface area contributed by atoms with Gasteiger partial charge in [-0.3, -0.25) is 14.3 Å². The van der Waals surface area contributed by atoms with Crippen LogP contribution in [0.15, 0.2) is 18.2 Å². The van der Waals surface area contributed by atoms with Crippen molar-refractivity contribution in [3.8, 4) is 11.5 Å². The Bertz CT molecular complexity index is 1340. The van der Waals surface area contributed by atoms with E-state index >= 15 is 0 Å². The molecule has 1 aliphatic rings. The van der Waals surface area contributed by atoms with Crippen molar-refractivity contribution in [1.29, 1.82) is 0 Å². The lowest BCUT2D eigenvalue weighted by Crippen LogP contribution is -2.56. The van der Waals surface area contributed by atoms with Crippen LogP contribution in [0.25, 0.3) is 0 Å². The number of amides is 2. The van der Waals surface area contributed by atoms with Crippen molar-refractivity contribution >= 4 is 25.5 Å². The molecule has 0 spiro atoms. The van der Waals surface area contributed by atoms with Gasteiger partial charge in [-0.15, -0.1) is 13.2 Å². The van der Waals surface area contributed by atoms with Crippen LogP contribution in [0.4, 0.5) is 22.8 Å². The molecule has 16 heteroatoms. The molecular weight excluding hydrogens is 672 g/mol. The second kappa shape index (κ2) is 15.9. The number of carbonyl (C=O) groups is 3. The molecule has 2 amide bonds. The van der Waals surface area contributed by atoms with Crippen molar-refractivity contribution < 1.29 is 60.7 Å². The largest absolute Gasteiger partial charge is 0.573 e. The molecule has 1 saturated heterocycles. The maximum Gasteiger partial charge on any atom is 0.573 e. The van der Waals surface area contributed by atoms with Gasteiger partial charge >= 0.3 is 24.5 Å². The number of esters is 1. The molecule has 280 valence electrons. The summed E-state index contributed by atoms with van der Waals surface area (Å²) in [6.45, 7) is 16.6. The second-order valence-corrected chi connectivity index (χ2v) is 17.9. The van der Waals surface area contributed by atoms with E-state index in [9.17, 15) is 37.2 Å².